The maximum absolute atomic E-state index is 11.2. The van der Waals surface area contributed by atoms with Gasteiger partial charge in [0.1, 0.15) is 6.61 Å². The zero-order valence-electron chi connectivity index (χ0n) is 12.2. The van der Waals surface area contributed by atoms with Crippen LogP contribution in [0.1, 0.15) is 57.5 Å². The molecule has 0 bridgehead atoms. The number of hydrogen-bond acceptors (Lipinski definition) is 3. The van der Waals surface area contributed by atoms with Crippen LogP contribution < -0.4 is 0 Å². The van der Waals surface area contributed by atoms with Crippen molar-refractivity contribution >= 4 is 11.8 Å². The van der Waals surface area contributed by atoms with Crippen molar-refractivity contribution in [3.63, 3.8) is 0 Å². The van der Waals surface area contributed by atoms with Crippen molar-refractivity contribution in [1.82, 2.24) is 0 Å². The van der Waals surface area contributed by atoms with Crippen molar-refractivity contribution in [3.8, 4) is 0 Å². The van der Waals surface area contributed by atoms with Crippen molar-refractivity contribution in [3.05, 3.63) is 35.4 Å². The number of ether oxygens (including phenoxy) is 1. The van der Waals surface area contributed by atoms with E-state index in [1.807, 2.05) is 33.8 Å². The summed E-state index contributed by atoms with van der Waals surface area (Å²) in [6.45, 7) is 11.0. The van der Waals surface area contributed by atoms with Gasteiger partial charge in [-0.05, 0) is 6.92 Å². The molecule has 1 aromatic carbocycles. The fourth-order valence-electron chi connectivity index (χ4n) is 1.17. The van der Waals surface area contributed by atoms with E-state index in [1.54, 1.807) is 18.2 Å². The van der Waals surface area contributed by atoms with E-state index in [1.165, 1.54) is 13.8 Å². The molecule has 0 aliphatic heterocycles. The molecule has 0 radical (unpaired) electrons. The summed E-state index contributed by atoms with van der Waals surface area (Å²) < 4.78 is 4.83. The van der Waals surface area contributed by atoms with Crippen LogP contribution in [0, 0.1) is 0 Å². The topological polar surface area (TPSA) is 43.4 Å². The second-order valence-corrected chi connectivity index (χ2v) is 2.99. The number of hydrogen-bond donors (Lipinski definition) is 0. The first kappa shape index (κ1) is 18.7. The lowest BCUT2D eigenvalue weighted by Gasteiger charge is -2.06. The largest absolute Gasteiger partial charge is 0.461 e. The zero-order chi connectivity index (χ0) is 14.6. The minimum Gasteiger partial charge on any atom is -0.461 e. The molecule has 0 spiro atoms. The van der Waals surface area contributed by atoms with Crippen LogP contribution in [-0.2, 0) is 16.1 Å². The van der Waals surface area contributed by atoms with Gasteiger partial charge in [0, 0.05) is 18.1 Å². The minimum absolute atomic E-state index is 0.0206. The van der Waals surface area contributed by atoms with Gasteiger partial charge in [0.15, 0.2) is 5.78 Å². The van der Waals surface area contributed by atoms with E-state index in [0.717, 1.165) is 5.56 Å². The van der Waals surface area contributed by atoms with E-state index < -0.39 is 0 Å². The summed E-state index contributed by atoms with van der Waals surface area (Å²) in [5.74, 6) is -0.365. The molecule has 0 fully saturated rings. The van der Waals surface area contributed by atoms with Crippen LogP contribution in [0.15, 0.2) is 24.3 Å². The molecule has 0 unspecified atom stereocenters. The number of benzene rings is 1. The summed E-state index contributed by atoms with van der Waals surface area (Å²) in [4.78, 5) is 21.8. The van der Waals surface area contributed by atoms with Gasteiger partial charge in [-0.1, -0.05) is 52.0 Å². The van der Waals surface area contributed by atoms with Gasteiger partial charge in [-0.25, -0.2) is 0 Å². The monoisotopic (exact) mass is 252 g/mol. The second-order valence-electron chi connectivity index (χ2n) is 2.99. The normalized spacial score (nSPS) is 8.11. The first-order valence-electron chi connectivity index (χ1n) is 6.33. The highest BCUT2D eigenvalue weighted by Crippen LogP contribution is 2.10. The Morgan fingerprint density at radius 1 is 1.00 bits per heavy atom. The molecule has 1 rings (SSSR count). The minimum atomic E-state index is -0.344. The smallest absolute Gasteiger partial charge is 0.302 e. The third kappa shape index (κ3) is 7.60. The summed E-state index contributed by atoms with van der Waals surface area (Å²) in [7, 11) is 0. The van der Waals surface area contributed by atoms with Gasteiger partial charge in [0.2, 0.25) is 0 Å². The summed E-state index contributed by atoms with van der Waals surface area (Å²) in [5.41, 5.74) is 1.35. The van der Waals surface area contributed by atoms with Crippen LogP contribution in [-0.4, -0.2) is 11.8 Å². The average Bonchev–Trinajstić information content (AvgIpc) is 2.41. The maximum atomic E-state index is 11.2. The molecule has 102 valence electrons. The molecule has 3 heteroatoms. The lowest BCUT2D eigenvalue weighted by atomic mass is 10.1. The quantitative estimate of drug-likeness (QED) is 0.603. The molecule has 0 saturated carbocycles. The Morgan fingerprint density at radius 3 is 1.94 bits per heavy atom. The Hall–Kier alpha value is -1.64. The number of ketones is 1. The predicted molar refractivity (Wildman–Crippen MR) is 74.6 cm³/mol. The summed E-state index contributed by atoms with van der Waals surface area (Å²) in [6, 6.07) is 7.10. The zero-order valence-corrected chi connectivity index (χ0v) is 12.2. The van der Waals surface area contributed by atoms with Crippen molar-refractivity contribution in [2.75, 3.05) is 0 Å². The van der Waals surface area contributed by atoms with E-state index >= 15 is 0 Å². The van der Waals surface area contributed by atoms with Crippen molar-refractivity contribution in [2.24, 2.45) is 0 Å². The molecular formula is C15H24O3. The maximum Gasteiger partial charge on any atom is 0.302 e. The van der Waals surface area contributed by atoms with Crippen LogP contribution in [0.25, 0.3) is 0 Å². The highest BCUT2D eigenvalue weighted by Gasteiger charge is 2.06. The van der Waals surface area contributed by atoms with Crippen LogP contribution in [0.5, 0.6) is 0 Å². The van der Waals surface area contributed by atoms with E-state index in [9.17, 15) is 9.59 Å². The van der Waals surface area contributed by atoms with Gasteiger partial charge in [-0.3, -0.25) is 9.59 Å². The van der Waals surface area contributed by atoms with Gasteiger partial charge in [0.25, 0.3) is 0 Å². The SMILES string of the molecule is CC.CC.CC(=O)OCc1ccccc1C(C)=O. The lowest BCUT2D eigenvalue weighted by Crippen LogP contribution is -2.04. The molecule has 0 aliphatic rings. The molecule has 1 aromatic rings. The lowest BCUT2D eigenvalue weighted by molar-refractivity contribution is -0.142. The number of carbonyl (C=O) groups is 2. The Morgan fingerprint density at radius 2 is 1.50 bits per heavy atom. The van der Waals surface area contributed by atoms with Crippen LogP contribution >= 0.6 is 0 Å². The number of esters is 1. The number of rotatable bonds is 3. The summed E-state index contributed by atoms with van der Waals surface area (Å²) >= 11 is 0. The number of Topliss-reactive ketones (excluding diaryl/α,β-unsaturated/α-hetero) is 1. The average molecular weight is 252 g/mol. The fraction of sp³-hybridized carbons (Fsp3) is 0.467. The highest BCUT2D eigenvalue weighted by atomic mass is 16.5. The van der Waals surface area contributed by atoms with E-state index in [4.69, 9.17) is 4.74 Å². The molecule has 3 nitrogen and oxygen atoms in total. The Bertz CT molecular complexity index is 357. The molecule has 0 amide bonds. The summed E-state index contributed by atoms with van der Waals surface area (Å²) in [5, 5.41) is 0. The molecule has 18 heavy (non-hydrogen) atoms. The molecular weight excluding hydrogens is 228 g/mol. The molecule has 0 heterocycles. The van der Waals surface area contributed by atoms with Crippen LogP contribution in [0.3, 0.4) is 0 Å². The molecule has 0 aliphatic carbocycles. The van der Waals surface area contributed by atoms with Gasteiger partial charge in [0.05, 0.1) is 0 Å². The second kappa shape index (κ2) is 11.8. The van der Waals surface area contributed by atoms with Crippen molar-refractivity contribution < 1.29 is 14.3 Å². The Labute approximate surface area is 110 Å². The summed E-state index contributed by atoms with van der Waals surface area (Å²) in [6.07, 6.45) is 0. The highest BCUT2D eigenvalue weighted by molar-refractivity contribution is 5.95. The van der Waals surface area contributed by atoms with Gasteiger partial charge in [-0.15, -0.1) is 0 Å². The van der Waals surface area contributed by atoms with Gasteiger partial charge < -0.3 is 4.74 Å². The van der Waals surface area contributed by atoms with Crippen molar-refractivity contribution in [2.45, 2.75) is 48.1 Å². The Balaban J connectivity index is 0. The molecule has 0 saturated heterocycles. The third-order valence-corrected chi connectivity index (χ3v) is 1.83. The third-order valence-electron chi connectivity index (χ3n) is 1.83. The van der Waals surface area contributed by atoms with E-state index in [2.05, 4.69) is 0 Å². The molecule has 0 aromatic heterocycles. The number of carbonyl (C=O) groups excluding carboxylic acids is 2. The van der Waals surface area contributed by atoms with Crippen LogP contribution in [0.4, 0.5) is 0 Å². The Kier molecular flexibility index (Phi) is 12.3. The first-order valence-corrected chi connectivity index (χ1v) is 6.33. The van der Waals surface area contributed by atoms with E-state index in [0.29, 0.717) is 5.56 Å². The molecule has 0 atom stereocenters. The first-order chi connectivity index (χ1) is 8.61. The standard InChI is InChI=1S/C11H12O3.2C2H6/c1-8(12)11-6-4-3-5-10(11)7-14-9(2)13;2*1-2/h3-6H,7H2,1-2H3;2*1-2H3. The van der Waals surface area contributed by atoms with Crippen LogP contribution in [0.2, 0.25) is 0 Å². The molecule has 0 N–H and O–H groups in total. The van der Waals surface area contributed by atoms with Gasteiger partial charge in [-0.2, -0.15) is 0 Å². The van der Waals surface area contributed by atoms with E-state index in [-0.39, 0.29) is 18.4 Å². The van der Waals surface area contributed by atoms with Gasteiger partial charge >= 0.3 is 5.97 Å². The fourth-order valence-corrected chi connectivity index (χ4v) is 1.17. The predicted octanol–water partition coefficient (Wildman–Crippen LogP) is 4.00. The van der Waals surface area contributed by atoms with Crippen molar-refractivity contribution in [1.29, 1.82) is 0 Å².